The highest BCUT2D eigenvalue weighted by Gasteiger charge is 2.55. The highest BCUT2D eigenvalue weighted by atomic mass is 19.4. The van der Waals surface area contributed by atoms with Crippen LogP contribution in [0.5, 0.6) is 5.75 Å². The molecule has 0 spiro atoms. The van der Waals surface area contributed by atoms with Gasteiger partial charge in [0.05, 0.1) is 12.5 Å². The minimum atomic E-state index is -4.46. The standard InChI is InChI=1S/C31H35F3N2O5/c1-3-30(2)16-23-25(17-30)36(29(40)19-8-12-21(13-9-19)41-18-31(32,33)34)24-7-5-4-6-22(24)28(23)35(20-10-11-20)26(37)14-15-27(38)39/h4-9,12-13,20,23,25,28H,3,10-11,14-18H2,1-2H3,(H,38,39). The van der Waals surface area contributed by atoms with Crippen molar-refractivity contribution in [3.8, 4) is 5.75 Å². The van der Waals surface area contributed by atoms with Crippen LogP contribution in [-0.4, -0.2) is 52.7 Å². The quantitative estimate of drug-likeness (QED) is 0.377. The number of carboxylic acid groups (broad SMARTS) is 1. The van der Waals surface area contributed by atoms with Crippen molar-refractivity contribution in [1.29, 1.82) is 0 Å². The van der Waals surface area contributed by atoms with Crippen LogP contribution >= 0.6 is 0 Å². The van der Waals surface area contributed by atoms with Crippen molar-refractivity contribution in [3.63, 3.8) is 0 Å². The van der Waals surface area contributed by atoms with Gasteiger partial charge in [-0.2, -0.15) is 13.2 Å². The molecule has 4 unspecified atom stereocenters. The van der Waals surface area contributed by atoms with E-state index >= 15 is 0 Å². The highest BCUT2D eigenvalue weighted by molar-refractivity contribution is 6.07. The number of carboxylic acids is 1. The number of nitrogens with zero attached hydrogens (tertiary/aromatic N) is 2. The van der Waals surface area contributed by atoms with E-state index in [4.69, 9.17) is 4.74 Å². The van der Waals surface area contributed by atoms with Crippen LogP contribution in [0.3, 0.4) is 0 Å². The zero-order valence-electron chi connectivity index (χ0n) is 23.2. The number of halogens is 3. The van der Waals surface area contributed by atoms with E-state index in [1.807, 2.05) is 34.1 Å². The first-order valence-corrected chi connectivity index (χ1v) is 14.2. The molecule has 1 N–H and O–H groups in total. The van der Waals surface area contributed by atoms with E-state index in [2.05, 4.69) is 13.8 Å². The van der Waals surface area contributed by atoms with E-state index in [1.165, 1.54) is 24.3 Å². The molecule has 5 rings (SSSR count). The molecular weight excluding hydrogens is 537 g/mol. The molecule has 0 saturated heterocycles. The summed E-state index contributed by atoms with van der Waals surface area (Å²) in [5, 5.41) is 9.23. The van der Waals surface area contributed by atoms with Gasteiger partial charge in [-0.15, -0.1) is 0 Å². The van der Waals surface area contributed by atoms with Crippen molar-refractivity contribution in [3.05, 3.63) is 59.7 Å². The lowest BCUT2D eigenvalue weighted by atomic mass is 9.79. The Bertz CT molecular complexity index is 1310. The first-order valence-electron chi connectivity index (χ1n) is 14.2. The Hall–Kier alpha value is -3.56. The first kappa shape index (κ1) is 29.0. The van der Waals surface area contributed by atoms with Crippen molar-refractivity contribution in [2.24, 2.45) is 11.3 Å². The molecule has 4 atom stereocenters. The molecule has 1 aliphatic heterocycles. The summed E-state index contributed by atoms with van der Waals surface area (Å²) in [6, 6.07) is 12.9. The number of amides is 2. The van der Waals surface area contributed by atoms with Crippen molar-refractivity contribution in [2.75, 3.05) is 11.5 Å². The van der Waals surface area contributed by atoms with Crippen molar-refractivity contribution in [1.82, 2.24) is 4.90 Å². The third-order valence-electron chi connectivity index (χ3n) is 8.83. The molecule has 1 heterocycles. The van der Waals surface area contributed by atoms with Gasteiger partial charge in [-0.3, -0.25) is 14.4 Å². The third kappa shape index (κ3) is 6.06. The average molecular weight is 573 g/mol. The molecule has 2 saturated carbocycles. The second kappa shape index (κ2) is 11.0. The van der Waals surface area contributed by atoms with E-state index in [1.54, 1.807) is 0 Å². The summed E-state index contributed by atoms with van der Waals surface area (Å²) in [7, 11) is 0. The number of hydrogen-bond donors (Lipinski definition) is 1. The second-order valence-electron chi connectivity index (χ2n) is 11.8. The number of anilines is 1. The SMILES string of the molecule is CCC1(C)CC2C(C1)N(C(=O)c1ccc(OCC(F)(F)F)cc1)c1ccccc1C2N(C(=O)CCC(=O)O)C1CC1. The van der Waals surface area contributed by atoms with Crippen LogP contribution in [0.25, 0.3) is 0 Å². The highest BCUT2D eigenvalue weighted by Crippen LogP contribution is 2.58. The largest absolute Gasteiger partial charge is 0.484 e. The molecule has 41 heavy (non-hydrogen) atoms. The topological polar surface area (TPSA) is 87.2 Å². The molecule has 0 bridgehead atoms. The molecule has 0 aromatic heterocycles. The number of rotatable bonds is 9. The summed E-state index contributed by atoms with van der Waals surface area (Å²) in [6.07, 6.45) is -0.600. The number of para-hydroxylation sites is 1. The van der Waals surface area contributed by atoms with Crippen molar-refractivity contribution in [2.45, 2.75) is 83.1 Å². The maximum absolute atomic E-state index is 14.1. The van der Waals surface area contributed by atoms with Gasteiger partial charge in [0.1, 0.15) is 5.75 Å². The van der Waals surface area contributed by atoms with Crippen LogP contribution in [0, 0.1) is 11.3 Å². The Morgan fingerprint density at radius 2 is 1.73 bits per heavy atom. The Morgan fingerprint density at radius 1 is 1.05 bits per heavy atom. The van der Waals surface area contributed by atoms with Crippen LogP contribution < -0.4 is 9.64 Å². The predicted molar refractivity (Wildman–Crippen MR) is 146 cm³/mol. The molecule has 220 valence electrons. The van der Waals surface area contributed by atoms with E-state index in [-0.39, 0.29) is 59.9 Å². The number of carbonyl (C=O) groups excluding carboxylic acids is 2. The molecule has 2 amide bonds. The van der Waals surface area contributed by atoms with E-state index < -0.39 is 18.8 Å². The normalized spacial score (nSPS) is 25.3. The van der Waals surface area contributed by atoms with E-state index in [0.29, 0.717) is 11.3 Å². The molecule has 2 aromatic rings. The molecule has 10 heteroatoms. The lowest BCUT2D eigenvalue weighted by Crippen LogP contribution is -2.53. The number of carbonyl (C=O) groups is 3. The first-order chi connectivity index (χ1) is 19.4. The fourth-order valence-electron chi connectivity index (χ4n) is 6.60. The molecule has 2 aliphatic carbocycles. The summed E-state index contributed by atoms with van der Waals surface area (Å²) in [6.45, 7) is 2.92. The summed E-state index contributed by atoms with van der Waals surface area (Å²) >= 11 is 0. The fraction of sp³-hybridized carbons (Fsp3) is 0.516. The minimum absolute atomic E-state index is 0.0234. The van der Waals surface area contributed by atoms with Crippen LogP contribution in [0.15, 0.2) is 48.5 Å². The van der Waals surface area contributed by atoms with Gasteiger partial charge >= 0.3 is 12.1 Å². The second-order valence-corrected chi connectivity index (χ2v) is 11.8. The zero-order chi connectivity index (χ0) is 29.5. The van der Waals surface area contributed by atoms with Gasteiger partial charge in [0, 0.05) is 35.7 Å². The maximum Gasteiger partial charge on any atom is 0.422 e. The number of fused-ring (bicyclic) bond motifs is 2. The number of ether oxygens (including phenoxy) is 1. The van der Waals surface area contributed by atoms with Crippen molar-refractivity contribution < 1.29 is 37.4 Å². The molecule has 2 aromatic carbocycles. The van der Waals surface area contributed by atoms with Gasteiger partial charge in [0.2, 0.25) is 5.91 Å². The van der Waals surface area contributed by atoms with Crippen LogP contribution in [0.2, 0.25) is 0 Å². The van der Waals surface area contributed by atoms with Crippen LogP contribution in [-0.2, 0) is 9.59 Å². The lowest BCUT2D eigenvalue weighted by Gasteiger charge is -2.47. The van der Waals surface area contributed by atoms with Crippen molar-refractivity contribution >= 4 is 23.5 Å². The van der Waals surface area contributed by atoms with Gasteiger partial charge in [-0.25, -0.2) is 0 Å². The Labute approximate surface area is 237 Å². The minimum Gasteiger partial charge on any atom is -0.484 e. The van der Waals surface area contributed by atoms with E-state index in [0.717, 1.165) is 37.7 Å². The molecule has 2 fully saturated rings. The monoisotopic (exact) mass is 572 g/mol. The number of alkyl halides is 3. The van der Waals surface area contributed by atoms with Crippen LogP contribution in [0.4, 0.5) is 18.9 Å². The maximum atomic E-state index is 14.1. The molecule has 7 nitrogen and oxygen atoms in total. The van der Waals surface area contributed by atoms with Gasteiger partial charge in [0.15, 0.2) is 6.61 Å². The molecule has 3 aliphatic rings. The zero-order valence-corrected chi connectivity index (χ0v) is 23.2. The Morgan fingerprint density at radius 3 is 2.34 bits per heavy atom. The van der Waals surface area contributed by atoms with Gasteiger partial charge < -0.3 is 19.6 Å². The number of aliphatic carboxylic acids is 1. The summed E-state index contributed by atoms with van der Waals surface area (Å²) in [5.74, 6) is -1.48. The summed E-state index contributed by atoms with van der Waals surface area (Å²) < 4.78 is 42.6. The van der Waals surface area contributed by atoms with Crippen LogP contribution in [0.1, 0.15) is 80.8 Å². The predicted octanol–water partition coefficient (Wildman–Crippen LogP) is 6.38. The number of hydrogen-bond acceptors (Lipinski definition) is 4. The van der Waals surface area contributed by atoms with Gasteiger partial charge in [-0.1, -0.05) is 38.5 Å². The van der Waals surface area contributed by atoms with Gasteiger partial charge in [-0.05, 0) is 67.0 Å². The summed E-state index contributed by atoms with van der Waals surface area (Å²) in [4.78, 5) is 42.7. The molecular formula is C31H35F3N2O5. The van der Waals surface area contributed by atoms with E-state index in [9.17, 15) is 32.7 Å². The number of benzene rings is 2. The lowest BCUT2D eigenvalue weighted by molar-refractivity contribution is -0.153. The summed E-state index contributed by atoms with van der Waals surface area (Å²) in [5.41, 5.74) is 1.84. The Balaban J connectivity index is 1.52. The van der Waals surface area contributed by atoms with Gasteiger partial charge in [0.25, 0.3) is 5.91 Å². The third-order valence-corrected chi connectivity index (χ3v) is 8.83. The molecule has 0 radical (unpaired) electrons. The average Bonchev–Trinajstić information content (AvgIpc) is 3.71. The Kier molecular flexibility index (Phi) is 7.78. The smallest absolute Gasteiger partial charge is 0.422 e. The fourth-order valence-corrected chi connectivity index (χ4v) is 6.60.